The van der Waals surface area contributed by atoms with E-state index in [9.17, 15) is 14.0 Å². The number of benzene rings is 2. The van der Waals surface area contributed by atoms with E-state index in [2.05, 4.69) is 0 Å². The van der Waals surface area contributed by atoms with Crippen LogP contribution in [0.1, 0.15) is 37.1 Å². The van der Waals surface area contributed by atoms with Crippen molar-refractivity contribution in [3.05, 3.63) is 71.2 Å². The minimum absolute atomic E-state index is 0.0247. The molecule has 1 heterocycles. The predicted molar refractivity (Wildman–Crippen MR) is 137 cm³/mol. The quantitative estimate of drug-likeness (QED) is 0.388. The molecule has 192 valence electrons. The minimum Gasteiger partial charge on any atom is -0.465 e. The molecule has 4 rings (SSSR count). The van der Waals surface area contributed by atoms with Crippen LogP contribution in [-0.4, -0.2) is 54.3 Å². The largest absolute Gasteiger partial charge is 0.465 e. The third-order valence-electron chi connectivity index (χ3n) is 7.06. The standard InChI is InChI=1S/C29H35FN2O4/c1-4-36-28(33)19-32-26-12-10-22(30)17-24(26)25-18-23(11-13-27(25)32)31(14-15-35-3)29(34)20(2)16-21-8-6-5-7-9-21/h5-10,12,17,20,23H,4,11,13-16,18-19H2,1-3H3/t20-,23-/m0/s1. The van der Waals surface area contributed by atoms with Gasteiger partial charge < -0.3 is 18.9 Å². The van der Waals surface area contributed by atoms with Crippen LogP contribution < -0.4 is 0 Å². The smallest absolute Gasteiger partial charge is 0.325 e. The van der Waals surface area contributed by atoms with E-state index >= 15 is 0 Å². The van der Waals surface area contributed by atoms with E-state index in [1.165, 1.54) is 12.1 Å². The highest BCUT2D eigenvalue weighted by Crippen LogP contribution is 2.35. The zero-order valence-electron chi connectivity index (χ0n) is 21.3. The first-order chi connectivity index (χ1) is 17.4. The first-order valence-electron chi connectivity index (χ1n) is 12.7. The molecule has 0 radical (unpaired) electrons. The summed E-state index contributed by atoms with van der Waals surface area (Å²) in [6, 6.07) is 14.7. The van der Waals surface area contributed by atoms with Gasteiger partial charge in [-0.05, 0) is 61.9 Å². The zero-order valence-corrected chi connectivity index (χ0v) is 21.3. The monoisotopic (exact) mass is 494 g/mol. The van der Waals surface area contributed by atoms with Crippen molar-refractivity contribution in [3.8, 4) is 0 Å². The predicted octanol–water partition coefficient (Wildman–Crippen LogP) is 4.55. The average molecular weight is 495 g/mol. The molecule has 0 spiro atoms. The molecule has 2 atom stereocenters. The molecule has 1 aromatic heterocycles. The molecule has 6 nitrogen and oxygen atoms in total. The Balaban J connectivity index is 1.62. The lowest BCUT2D eigenvalue weighted by atomic mass is 9.89. The number of aromatic nitrogens is 1. The summed E-state index contributed by atoms with van der Waals surface area (Å²) >= 11 is 0. The van der Waals surface area contributed by atoms with Gasteiger partial charge >= 0.3 is 5.97 Å². The lowest BCUT2D eigenvalue weighted by Gasteiger charge is -2.36. The van der Waals surface area contributed by atoms with Gasteiger partial charge in [-0.3, -0.25) is 9.59 Å². The van der Waals surface area contributed by atoms with Gasteiger partial charge in [-0.1, -0.05) is 37.3 Å². The molecule has 0 unspecified atom stereocenters. The first-order valence-corrected chi connectivity index (χ1v) is 12.7. The SMILES string of the molecule is CCOC(=O)Cn1c2c(c3cc(F)ccc31)C[C@@H](N(CCOC)C(=O)[C@@H](C)Cc1ccccc1)CC2. The molecule has 1 amide bonds. The highest BCUT2D eigenvalue weighted by molar-refractivity contribution is 5.88. The van der Waals surface area contributed by atoms with Crippen LogP contribution in [0.25, 0.3) is 10.9 Å². The molecule has 3 aromatic rings. The summed E-state index contributed by atoms with van der Waals surface area (Å²) in [6.45, 7) is 5.12. The highest BCUT2D eigenvalue weighted by atomic mass is 19.1. The van der Waals surface area contributed by atoms with E-state index in [1.807, 2.05) is 46.7 Å². The second-order valence-corrected chi connectivity index (χ2v) is 9.49. The van der Waals surface area contributed by atoms with E-state index < -0.39 is 0 Å². The van der Waals surface area contributed by atoms with Crippen molar-refractivity contribution < 1.29 is 23.5 Å². The van der Waals surface area contributed by atoms with Crippen LogP contribution in [-0.2, 0) is 44.9 Å². The van der Waals surface area contributed by atoms with Gasteiger partial charge in [-0.25, -0.2) is 4.39 Å². The van der Waals surface area contributed by atoms with E-state index in [-0.39, 0.29) is 36.2 Å². The number of ether oxygens (including phenoxy) is 2. The lowest BCUT2D eigenvalue weighted by molar-refractivity contribution is -0.143. The number of nitrogens with zero attached hydrogens (tertiary/aromatic N) is 2. The van der Waals surface area contributed by atoms with Gasteiger partial charge in [0.2, 0.25) is 5.91 Å². The Morgan fingerprint density at radius 3 is 2.69 bits per heavy atom. The summed E-state index contributed by atoms with van der Waals surface area (Å²) in [5.41, 5.74) is 3.99. The maximum atomic E-state index is 14.3. The maximum absolute atomic E-state index is 14.3. The van der Waals surface area contributed by atoms with Crippen molar-refractivity contribution in [1.82, 2.24) is 9.47 Å². The lowest BCUT2D eigenvalue weighted by Crippen LogP contribution is -2.47. The molecule has 2 aromatic carbocycles. The van der Waals surface area contributed by atoms with Crippen LogP contribution in [0.4, 0.5) is 4.39 Å². The summed E-state index contributed by atoms with van der Waals surface area (Å²) in [7, 11) is 1.64. The van der Waals surface area contributed by atoms with E-state index in [0.29, 0.717) is 39.0 Å². The number of hydrogen-bond donors (Lipinski definition) is 0. The van der Waals surface area contributed by atoms with E-state index in [1.54, 1.807) is 20.1 Å². The Kier molecular flexibility index (Phi) is 8.41. The number of hydrogen-bond acceptors (Lipinski definition) is 4. The Morgan fingerprint density at radius 2 is 1.97 bits per heavy atom. The Labute approximate surface area is 212 Å². The van der Waals surface area contributed by atoms with Gasteiger partial charge in [-0.2, -0.15) is 0 Å². The summed E-state index contributed by atoms with van der Waals surface area (Å²) in [6.07, 6.45) is 2.74. The molecule has 0 bridgehead atoms. The van der Waals surface area contributed by atoms with Crippen molar-refractivity contribution >= 4 is 22.8 Å². The molecule has 1 aliphatic carbocycles. The molecular weight excluding hydrogens is 459 g/mol. The fourth-order valence-corrected chi connectivity index (χ4v) is 5.39. The highest BCUT2D eigenvalue weighted by Gasteiger charge is 2.33. The van der Waals surface area contributed by atoms with Gasteiger partial charge in [0, 0.05) is 42.2 Å². The fourth-order valence-electron chi connectivity index (χ4n) is 5.39. The van der Waals surface area contributed by atoms with E-state index in [4.69, 9.17) is 9.47 Å². The molecule has 0 fully saturated rings. The minimum atomic E-state index is -0.315. The molecule has 0 N–H and O–H groups in total. The number of carbonyl (C=O) groups excluding carboxylic acids is 2. The number of amides is 1. The Morgan fingerprint density at radius 1 is 1.19 bits per heavy atom. The van der Waals surface area contributed by atoms with E-state index in [0.717, 1.165) is 34.1 Å². The Hall–Kier alpha value is -3.19. The normalized spacial score (nSPS) is 15.9. The molecule has 0 saturated heterocycles. The van der Waals surface area contributed by atoms with Gasteiger partial charge in [0.05, 0.1) is 13.2 Å². The van der Waals surface area contributed by atoms with Crippen molar-refractivity contribution in [3.63, 3.8) is 0 Å². The Bertz CT molecular complexity index is 1210. The third kappa shape index (κ3) is 5.62. The van der Waals surface area contributed by atoms with Gasteiger partial charge in [0.25, 0.3) is 0 Å². The molecule has 36 heavy (non-hydrogen) atoms. The fraction of sp³-hybridized carbons (Fsp3) is 0.448. The molecule has 7 heteroatoms. The number of carbonyl (C=O) groups is 2. The number of fused-ring (bicyclic) bond motifs is 3. The van der Waals surface area contributed by atoms with Crippen LogP contribution in [0.5, 0.6) is 0 Å². The summed E-state index contributed by atoms with van der Waals surface area (Å²) in [5.74, 6) is -0.696. The number of halogens is 1. The van der Waals surface area contributed by atoms with Crippen molar-refractivity contribution in [1.29, 1.82) is 0 Å². The summed E-state index contributed by atoms with van der Waals surface area (Å²) in [4.78, 5) is 27.9. The topological polar surface area (TPSA) is 60.8 Å². The average Bonchev–Trinajstić information content (AvgIpc) is 3.16. The van der Waals surface area contributed by atoms with Crippen molar-refractivity contribution in [2.75, 3.05) is 26.9 Å². The van der Waals surface area contributed by atoms with Crippen molar-refractivity contribution in [2.45, 2.75) is 52.1 Å². The number of methoxy groups -OCH3 is 1. The summed E-state index contributed by atoms with van der Waals surface area (Å²) in [5, 5.41) is 0.801. The summed E-state index contributed by atoms with van der Waals surface area (Å²) < 4.78 is 26.8. The zero-order chi connectivity index (χ0) is 25.7. The van der Waals surface area contributed by atoms with Crippen LogP contribution in [0.15, 0.2) is 48.5 Å². The van der Waals surface area contributed by atoms with Crippen LogP contribution in [0.3, 0.4) is 0 Å². The van der Waals surface area contributed by atoms with Crippen LogP contribution >= 0.6 is 0 Å². The molecular formula is C29H35FN2O4. The van der Waals surface area contributed by atoms with Gasteiger partial charge in [-0.15, -0.1) is 0 Å². The number of esters is 1. The third-order valence-corrected chi connectivity index (χ3v) is 7.06. The maximum Gasteiger partial charge on any atom is 0.325 e. The molecule has 0 aliphatic heterocycles. The van der Waals surface area contributed by atoms with Crippen LogP contribution in [0, 0.1) is 11.7 Å². The molecule has 0 saturated carbocycles. The second-order valence-electron chi connectivity index (χ2n) is 9.49. The number of rotatable bonds is 10. The second kappa shape index (κ2) is 11.7. The van der Waals surface area contributed by atoms with Gasteiger partial charge in [0.15, 0.2) is 0 Å². The van der Waals surface area contributed by atoms with Gasteiger partial charge in [0.1, 0.15) is 12.4 Å². The van der Waals surface area contributed by atoms with Crippen molar-refractivity contribution in [2.24, 2.45) is 5.92 Å². The molecule has 1 aliphatic rings. The van der Waals surface area contributed by atoms with Crippen LogP contribution in [0.2, 0.25) is 0 Å². The first kappa shape index (κ1) is 25.9.